The lowest BCUT2D eigenvalue weighted by Crippen LogP contribution is -2.57. The normalized spacial score (nSPS) is 20.0. The van der Waals surface area contributed by atoms with Crippen LogP contribution in [-0.2, 0) is 0 Å². The maximum atomic E-state index is 13.7. The van der Waals surface area contributed by atoms with Gasteiger partial charge in [-0.05, 0) is 43.5 Å². The Kier molecular flexibility index (Phi) is 4.75. The van der Waals surface area contributed by atoms with Crippen LogP contribution in [0.25, 0.3) is 16.4 Å². The van der Waals surface area contributed by atoms with Crippen LogP contribution in [0.5, 0.6) is 0 Å². The second-order valence-corrected chi connectivity index (χ2v) is 7.56. The monoisotopic (exact) mass is 385 g/mol. The fourth-order valence-electron chi connectivity index (χ4n) is 3.23. The van der Waals surface area contributed by atoms with E-state index in [0.29, 0.717) is 18.1 Å². The fraction of sp³-hybridized carbons (Fsp3) is 0.316. The predicted octanol–water partition coefficient (Wildman–Crippen LogP) is 2.96. The van der Waals surface area contributed by atoms with Gasteiger partial charge in [-0.1, -0.05) is 12.1 Å². The van der Waals surface area contributed by atoms with Gasteiger partial charge in [-0.2, -0.15) is 0 Å². The molecular formula is C19H20FN5OS. The summed E-state index contributed by atoms with van der Waals surface area (Å²) in [4.78, 5) is 20.3. The molecule has 1 saturated heterocycles. The van der Waals surface area contributed by atoms with Crippen LogP contribution < -0.4 is 5.32 Å². The highest BCUT2D eigenvalue weighted by atomic mass is 32.1. The SMILES string of the molecule is CC1NCCN(C(=O)c2nc(-c3cccs3)n(-c3cccc(F)c3)n2)C1C. The summed E-state index contributed by atoms with van der Waals surface area (Å²) in [5, 5.41) is 9.74. The second kappa shape index (κ2) is 7.21. The number of carbonyl (C=O) groups is 1. The van der Waals surface area contributed by atoms with Gasteiger partial charge in [0.15, 0.2) is 5.82 Å². The van der Waals surface area contributed by atoms with E-state index in [1.165, 1.54) is 23.5 Å². The highest BCUT2D eigenvalue weighted by molar-refractivity contribution is 7.13. The molecule has 140 valence electrons. The summed E-state index contributed by atoms with van der Waals surface area (Å²) in [5.74, 6) is 0.0970. The molecule has 4 rings (SSSR count). The number of aromatic nitrogens is 3. The van der Waals surface area contributed by atoms with Crippen molar-refractivity contribution in [3.8, 4) is 16.4 Å². The molecule has 1 aromatic carbocycles. The van der Waals surface area contributed by atoms with E-state index in [1.807, 2.05) is 24.4 Å². The zero-order valence-corrected chi connectivity index (χ0v) is 15.9. The van der Waals surface area contributed by atoms with Gasteiger partial charge in [0.1, 0.15) is 5.82 Å². The van der Waals surface area contributed by atoms with Crippen LogP contribution in [0.2, 0.25) is 0 Å². The van der Waals surface area contributed by atoms with Crippen molar-refractivity contribution < 1.29 is 9.18 Å². The molecule has 0 aliphatic carbocycles. The second-order valence-electron chi connectivity index (χ2n) is 6.61. The van der Waals surface area contributed by atoms with Crippen molar-refractivity contribution in [3.63, 3.8) is 0 Å². The fourth-order valence-corrected chi connectivity index (χ4v) is 3.93. The van der Waals surface area contributed by atoms with Gasteiger partial charge in [0.25, 0.3) is 5.91 Å². The molecule has 3 aromatic rings. The summed E-state index contributed by atoms with van der Waals surface area (Å²) in [6, 6.07) is 10.2. The number of hydrogen-bond donors (Lipinski definition) is 1. The molecule has 1 aliphatic heterocycles. The predicted molar refractivity (Wildman–Crippen MR) is 103 cm³/mol. The summed E-state index contributed by atoms with van der Waals surface area (Å²) in [5.41, 5.74) is 0.534. The van der Waals surface area contributed by atoms with Crippen molar-refractivity contribution in [2.24, 2.45) is 0 Å². The summed E-state index contributed by atoms with van der Waals surface area (Å²) >= 11 is 1.50. The Labute approximate surface area is 160 Å². The molecule has 27 heavy (non-hydrogen) atoms. The maximum absolute atomic E-state index is 13.7. The summed E-state index contributed by atoms with van der Waals surface area (Å²) in [6.07, 6.45) is 0. The zero-order valence-electron chi connectivity index (χ0n) is 15.1. The van der Waals surface area contributed by atoms with Crippen molar-refractivity contribution in [1.29, 1.82) is 0 Å². The van der Waals surface area contributed by atoms with E-state index in [1.54, 1.807) is 21.7 Å². The minimum atomic E-state index is -0.363. The van der Waals surface area contributed by atoms with Crippen molar-refractivity contribution in [3.05, 3.63) is 53.4 Å². The Morgan fingerprint density at radius 3 is 2.89 bits per heavy atom. The number of nitrogens with one attached hydrogen (secondary N) is 1. The van der Waals surface area contributed by atoms with Gasteiger partial charge in [0, 0.05) is 25.2 Å². The lowest BCUT2D eigenvalue weighted by atomic mass is 10.1. The lowest BCUT2D eigenvalue weighted by Gasteiger charge is -2.37. The van der Waals surface area contributed by atoms with Gasteiger partial charge < -0.3 is 10.2 Å². The van der Waals surface area contributed by atoms with Crippen molar-refractivity contribution >= 4 is 17.2 Å². The van der Waals surface area contributed by atoms with E-state index in [-0.39, 0.29) is 29.6 Å². The van der Waals surface area contributed by atoms with Crippen LogP contribution in [0.4, 0.5) is 4.39 Å². The van der Waals surface area contributed by atoms with E-state index in [2.05, 4.69) is 22.3 Å². The Hall–Kier alpha value is -2.58. The maximum Gasteiger partial charge on any atom is 0.293 e. The molecule has 0 bridgehead atoms. The molecule has 3 heterocycles. The molecule has 0 saturated carbocycles. The molecule has 1 N–H and O–H groups in total. The molecule has 1 fully saturated rings. The first kappa shape index (κ1) is 17.8. The molecule has 0 radical (unpaired) electrons. The number of rotatable bonds is 3. The molecule has 1 amide bonds. The molecule has 2 atom stereocenters. The lowest BCUT2D eigenvalue weighted by molar-refractivity contribution is 0.0590. The van der Waals surface area contributed by atoms with E-state index >= 15 is 0 Å². The van der Waals surface area contributed by atoms with Crippen LogP contribution in [0.1, 0.15) is 24.5 Å². The number of benzene rings is 1. The third-order valence-corrected chi connectivity index (χ3v) is 5.75. The van der Waals surface area contributed by atoms with Crippen LogP contribution in [0, 0.1) is 5.82 Å². The number of nitrogens with zero attached hydrogens (tertiary/aromatic N) is 4. The quantitative estimate of drug-likeness (QED) is 0.753. The summed E-state index contributed by atoms with van der Waals surface area (Å²) in [6.45, 7) is 5.41. The number of piperazine rings is 1. The van der Waals surface area contributed by atoms with Gasteiger partial charge in [0.2, 0.25) is 5.82 Å². The topological polar surface area (TPSA) is 63.1 Å². The first-order chi connectivity index (χ1) is 13.0. The number of hydrogen-bond acceptors (Lipinski definition) is 5. The van der Waals surface area contributed by atoms with Gasteiger partial charge >= 0.3 is 0 Å². The van der Waals surface area contributed by atoms with E-state index in [9.17, 15) is 9.18 Å². The van der Waals surface area contributed by atoms with Gasteiger partial charge in [0.05, 0.1) is 10.6 Å². The average Bonchev–Trinajstić information content (AvgIpc) is 3.33. The van der Waals surface area contributed by atoms with Gasteiger partial charge in [-0.15, -0.1) is 16.4 Å². The average molecular weight is 385 g/mol. The van der Waals surface area contributed by atoms with Gasteiger partial charge in [-0.3, -0.25) is 4.79 Å². The highest BCUT2D eigenvalue weighted by Crippen LogP contribution is 2.26. The standard InChI is InChI=1S/C19H20FN5OS/c1-12-13(2)24(9-8-21-12)19(26)17-22-18(16-7-4-10-27-16)25(23-17)15-6-3-5-14(20)11-15/h3-7,10-13,21H,8-9H2,1-2H3. The number of carbonyl (C=O) groups excluding carboxylic acids is 1. The number of amides is 1. The van der Waals surface area contributed by atoms with E-state index in [0.717, 1.165) is 11.4 Å². The third kappa shape index (κ3) is 3.38. The molecule has 2 unspecified atom stereocenters. The molecule has 1 aliphatic rings. The minimum Gasteiger partial charge on any atom is -0.330 e. The molecule has 0 spiro atoms. The van der Waals surface area contributed by atoms with Crippen molar-refractivity contribution in [1.82, 2.24) is 25.0 Å². The Bertz CT molecular complexity index is 955. The number of thiophene rings is 1. The van der Waals surface area contributed by atoms with Crippen LogP contribution in [0.3, 0.4) is 0 Å². The van der Waals surface area contributed by atoms with E-state index in [4.69, 9.17) is 0 Å². The smallest absolute Gasteiger partial charge is 0.293 e. The Morgan fingerprint density at radius 2 is 2.15 bits per heavy atom. The number of halogens is 1. The van der Waals surface area contributed by atoms with E-state index < -0.39 is 0 Å². The third-order valence-electron chi connectivity index (χ3n) is 4.89. The molecular weight excluding hydrogens is 365 g/mol. The molecule has 8 heteroatoms. The summed E-state index contributed by atoms with van der Waals surface area (Å²) in [7, 11) is 0. The van der Waals surface area contributed by atoms with Crippen LogP contribution in [-0.4, -0.2) is 50.7 Å². The first-order valence-electron chi connectivity index (χ1n) is 8.86. The van der Waals surface area contributed by atoms with Crippen molar-refractivity contribution in [2.45, 2.75) is 25.9 Å². The van der Waals surface area contributed by atoms with Crippen LogP contribution >= 0.6 is 11.3 Å². The first-order valence-corrected chi connectivity index (χ1v) is 9.74. The molecule has 6 nitrogen and oxygen atoms in total. The molecule has 2 aromatic heterocycles. The minimum absolute atomic E-state index is 0.0394. The van der Waals surface area contributed by atoms with Gasteiger partial charge in [-0.25, -0.2) is 14.1 Å². The Balaban J connectivity index is 1.76. The largest absolute Gasteiger partial charge is 0.330 e. The van der Waals surface area contributed by atoms with Crippen molar-refractivity contribution in [2.75, 3.05) is 13.1 Å². The Morgan fingerprint density at radius 1 is 1.30 bits per heavy atom. The van der Waals surface area contributed by atoms with Crippen LogP contribution in [0.15, 0.2) is 41.8 Å². The summed E-state index contributed by atoms with van der Waals surface area (Å²) < 4.78 is 15.3. The zero-order chi connectivity index (χ0) is 19.0. The highest BCUT2D eigenvalue weighted by Gasteiger charge is 2.31.